The second-order valence-corrected chi connectivity index (χ2v) is 7.05. The van der Waals surface area contributed by atoms with E-state index in [0.29, 0.717) is 11.5 Å². The lowest BCUT2D eigenvalue weighted by molar-refractivity contribution is 0.0681. The van der Waals surface area contributed by atoms with Crippen LogP contribution in [0.5, 0.6) is 11.5 Å². The number of hydrogen-bond acceptors (Lipinski definition) is 6. The summed E-state index contributed by atoms with van der Waals surface area (Å²) in [4.78, 5) is 41.4. The fraction of sp³-hybridized carbons (Fsp3) is 0. The Kier molecular flexibility index (Phi) is 12.9. The van der Waals surface area contributed by atoms with Crippen molar-refractivity contribution in [2.75, 3.05) is 0 Å². The normalized spacial score (nSPS) is 9.05. The van der Waals surface area contributed by atoms with Gasteiger partial charge in [0.1, 0.15) is 11.5 Å². The number of aromatic carboxylic acids is 4. The van der Waals surface area contributed by atoms with E-state index in [4.69, 9.17) is 30.6 Å². The van der Waals surface area contributed by atoms with Gasteiger partial charge in [0.2, 0.25) is 0 Å². The summed E-state index contributed by atoms with van der Waals surface area (Å²) in [6, 6.07) is 27.6. The van der Waals surface area contributed by atoms with Crippen molar-refractivity contribution in [3.8, 4) is 11.5 Å². The van der Waals surface area contributed by atoms with Gasteiger partial charge in [-0.2, -0.15) is 0 Å². The second kappa shape index (κ2) is 16.1. The molecule has 4 rings (SSSR count). The van der Waals surface area contributed by atoms with Gasteiger partial charge in [-0.15, -0.1) is 0 Å². The summed E-state index contributed by atoms with van der Waals surface area (Å²) in [6.07, 6.45) is 0. The van der Waals surface area contributed by atoms with E-state index >= 15 is 0 Å². The maximum Gasteiger partial charge on any atom is 0.335 e. The molecule has 38 heavy (non-hydrogen) atoms. The standard InChI is InChI=1S/2C8H6O4.2C6H6O/c9-7(10)5-1-2-6(4-3-5)8(11)12;9-7(10)5-2-1-3-6(4-5)8(11)12;2*7-6-4-2-1-3-5-6/h2*1-4H,(H,9,10)(H,11,12);2*1-5,7H. The average Bonchev–Trinajstić information content (AvgIpc) is 2.91. The summed E-state index contributed by atoms with van der Waals surface area (Å²) >= 11 is 0. The first kappa shape index (κ1) is 30.4. The highest BCUT2D eigenvalue weighted by molar-refractivity contribution is 5.93. The Hall–Kier alpha value is -5.64. The molecule has 0 fully saturated rings. The Balaban J connectivity index is 0.000000261. The number of carbonyl (C=O) groups is 4. The Morgan fingerprint density at radius 3 is 0.868 bits per heavy atom. The highest BCUT2D eigenvalue weighted by Gasteiger charge is 2.07. The number of hydrogen-bond donors (Lipinski definition) is 6. The molecule has 0 amide bonds. The van der Waals surface area contributed by atoms with Gasteiger partial charge in [-0.05, 0) is 66.7 Å². The molecule has 0 aliphatic heterocycles. The minimum atomic E-state index is -1.13. The van der Waals surface area contributed by atoms with Gasteiger partial charge in [-0.1, -0.05) is 42.5 Å². The number of aromatic hydroxyl groups is 2. The van der Waals surface area contributed by atoms with Crippen molar-refractivity contribution in [3.05, 3.63) is 131 Å². The van der Waals surface area contributed by atoms with Crippen LogP contribution in [0.25, 0.3) is 0 Å². The van der Waals surface area contributed by atoms with Crippen LogP contribution in [-0.2, 0) is 0 Å². The van der Waals surface area contributed by atoms with Crippen molar-refractivity contribution in [1.82, 2.24) is 0 Å². The highest BCUT2D eigenvalue weighted by Crippen LogP contribution is 2.06. The van der Waals surface area contributed by atoms with Gasteiger partial charge >= 0.3 is 23.9 Å². The van der Waals surface area contributed by atoms with Crippen LogP contribution in [0.15, 0.2) is 109 Å². The van der Waals surface area contributed by atoms with Gasteiger partial charge in [-0.25, -0.2) is 19.2 Å². The molecule has 0 aromatic heterocycles. The Morgan fingerprint density at radius 1 is 0.368 bits per heavy atom. The van der Waals surface area contributed by atoms with Crippen molar-refractivity contribution in [2.45, 2.75) is 0 Å². The third kappa shape index (κ3) is 12.2. The summed E-state index contributed by atoms with van der Waals surface area (Å²) < 4.78 is 0. The molecule has 0 unspecified atom stereocenters. The van der Waals surface area contributed by atoms with Gasteiger partial charge in [0.05, 0.1) is 22.3 Å². The van der Waals surface area contributed by atoms with E-state index in [2.05, 4.69) is 0 Å². The van der Waals surface area contributed by atoms with E-state index in [-0.39, 0.29) is 22.3 Å². The van der Waals surface area contributed by atoms with Crippen LogP contribution >= 0.6 is 0 Å². The van der Waals surface area contributed by atoms with E-state index in [0.717, 1.165) is 6.07 Å². The molecule has 0 atom stereocenters. The van der Waals surface area contributed by atoms with Crippen molar-refractivity contribution < 1.29 is 49.8 Å². The van der Waals surface area contributed by atoms with Gasteiger partial charge in [0.25, 0.3) is 0 Å². The average molecular weight is 520 g/mol. The second-order valence-electron chi connectivity index (χ2n) is 7.05. The molecule has 0 bridgehead atoms. The summed E-state index contributed by atoms with van der Waals surface area (Å²) in [6.45, 7) is 0. The lowest BCUT2D eigenvalue weighted by Crippen LogP contribution is -2.01. The molecular weight excluding hydrogens is 496 g/mol. The van der Waals surface area contributed by atoms with Crippen LogP contribution in [-0.4, -0.2) is 54.5 Å². The van der Waals surface area contributed by atoms with Gasteiger partial charge in [-0.3, -0.25) is 0 Å². The van der Waals surface area contributed by atoms with E-state index in [1.54, 1.807) is 48.5 Å². The smallest absolute Gasteiger partial charge is 0.335 e. The van der Waals surface area contributed by atoms with Gasteiger partial charge in [0.15, 0.2) is 0 Å². The molecule has 10 nitrogen and oxygen atoms in total. The quantitative estimate of drug-likeness (QED) is 0.215. The van der Waals surface area contributed by atoms with Gasteiger partial charge < -0.3 is 30.6 Å². The van der Waals surface area contributed by atoms with Crippen LogP contribution in [0.4, 0.5) is 0 Å². The first-order valence-corrected chi connectivity index (χ1v) is 10.6. The maximum absolute atomic E-state index is 10.4. The predicted octanol–water partition coefficient (Wildman–Crippen LogP) is 4.95. The Morgan fingerprint density at radius 2 is 0.658 bits per heavy atom. The predicted molar refractivity (Wildman–Crippen MR) is 137 cm³/mol. The topological polar surface area (TPSA) is 190 Å². The zero-order valence-corrected chi connectivity index (χ0v) is 19.7. The number of phenols is 2. The number of carboxylic acids is 4. The maximum atomic E-state index is 10.4. The van der Waals surface area contributed by atoms with Crippen LogP contribution in [0, 0.1) is 0 Å². The molecule has 6 N–H and O–H groups in total. The first-order valence-electron chi connectivity index (χ1n) is 10.6. The Labute approximate surface area is 216 Å². The van der Waals surface area contributed by atoms with Crippen LogP contribution < -0.4 is 0 Å². The highest BCUT2D eigenvalue weighted by atomic mass is 16.4. The van der Waals surface area contributed by atoms with Crippen molar-refractivity contribution in [1.29, 1.82) is 0 Å². The number of para-hydroxylation sites is 2. The van der Waals surface area contributed by atoms with E-state index < -0.39 is 23.9 Å². The van der Waals surface area contributed by atoms with Crippen LogP contribution in [0.2, 0.25) is 0 Å². The molecule has 4 aromatic carbocycles. The third-order valence-corrected chi connectivity index (χ3v) is 4.25. The molecule has 0 saturated carbocycles. The Bertz CT molecular complexity index is 1220. The largest absolute Gasteiger partial charge is 0.508 e. The zero-order valence-electron chi connectivity index (χ0n) is 19.7. The summed E-state index contributed by atoms with van der Waals surface area (Å²) in [5, 5.41) is 51.2. The number of carboxylic acid groups (broad SMARTS) is 4. The zero-order chi connectivity index (χ0) is 28.5. The molecule has 0 spiro atoms. The minimum Gasteiger partial charge on any atom is -0.508 e. The lowest BCUT2D eigenvalue weighted by atomic mass is 10.1. The molecule has 196 valence electrons. The number of benzene rings is 4. The van der Waals surface area contributed by atoms with E-state index in [1.165, 1.54) is 42.5 Å². The molecule has 4 aromatic rings. The fourth-order valence-corrected chi connectivity index (χ4v) is 2.40. The molecule has 0 aliphatic carbocycles. The van der Waals surface area contributed by atoms with E-state index in [1.807, 2.05) is 12.1 Å². The van der Waals surface area contributed by atoms with Crippen LogP contribution in [0.1, 0.15) is 41.4 Å². The summed E-state index contributed by atoms with van der Waals surface area (Å²) in [5.41, 5.74) is 0.129. The summed E-state index contributed by atoms with van der Waals surface area (Å²) in [5.74, 6) is -3.74. The molecular formula is C28H24O10. The van der Waals surface area contributed by atoms with Crippen LogP contribution in [0.3, 0.4) is 0 Å². The van der Waals surface area contributed by atoms with Crippen molar-refractivity contribution in [3.63, 3.8) is 0 Å². The SMILES string of the molecule is O=C(O)c1ccc(C(=O)O)cc1.O=C(O)c1cccc(C(=O)O)c1.Oc1ccccc1.Oc1ccccc1. The first-order chi connectivity index (χ1) is 18.0. The minimum absolute atomic E-state index is 0.0186. The number of rotatable bonds is 4. The van der Waals surface area contributed by atoms with Crippen molar-refractivity contribution in [2.24, 2.45) is 0 Å². The molecule has 0 saturated heterocycles. The fourth-order valence-electron chi connectivity index (χ4n) is 2.40. The van der Waals surface area contributed by atoms with Crippen molar-refractivity contribution >= 4 is 23.9 Å². The molecule has 0 aliphatic rings. The molecule has 0 heterocycles. The molecule has 10 heteroatoms. The number of phenolic OH excluding ortho intramolecular Hbond substituents is 2. The monoisotopic (exact) mass is 520 g/mol. The lowest BCUT2D eigenvalue weighted by Gasteiger charge is -1.95. The third-order valence-electron chi connectivity index (χ3n) is 4.25. The van der Waals surface area contributed by atoms with Gasteiger partial charge in [0, 0.05) is 0 Å². The molecule has 0 radical (unpaired) electrons. The van der Waals surface area contributed by atoms with E-state index in [9.17, 15) is 19.2 Å². The summed E-state index contributed by atoms with van der Waals surface area (Å²) in [7, 11) is 0.